The van der Waals surface area contributed by atoms with Crippen LogP contribution in [0.3, 0.4) is 0 Å². The van der Waals surface area contributed by atoms with Gasteiger partial charge in [-0.15, -0.1) is 0 Å². The maximum atomic E-state index is 5.46. The van der Waals surface area contributed by atoms with Gasteiger partial charge in [0.15, 0.2) is 0 Å². The third kappa shape index (κ3) is 6.09. The van der Waals surface area contributed by atoms with Crippen LogP contribution in [0.4, 0.5) is 0 Å². The van der Waals surface area contributed by atoms with Crippen LogP contribution < -0.4 is 5.32 Å². The number of rotatable bonds is 11. The number of aryl methyl sites for hydroxylation is 2. The number of nitrogens with zero attached hydrogens (tertiary/aromatic N) is 2. The minimum atomic E-state index is 0.489. The van der Waals surface area contributed by atoms with E-state index in [9.17, 15) is 0 Å². The Morgan fingerprint density at radius 1 is 1.33 bits per heavy atom. The average Bonchev–Trinajstić information content (AvgIpc) is 2.76. The van der Waals surface area contributed by atoms with Gasteiger partial charge in [0.25, 0.3) is 0 Å². The van der Waals surface area contributed by atoms with Gasteiger partial charge in [-0.2, -0.15) is 5.10 Å². The molecule has 1 N–H and O–H groups in total. The van der Waals surface area contributed by atoms with Crippen molar-refractivity contribution in [2.75, 3.05) is 19.8 Å². The van der Waals surface area contributed by atoms with Gasteiger partial charge in [-0.3, -0.25) is 4.68 Å². The Morgan fingerprint density at radius 3 is 2.71 bits per heavy atom. The summed E-state index contributed by atoms with van der Waals surface area (Å²) in [6.07, 6.45) is 4.42. The van der Waals surface area contributed by atoms with Crippen LogP contribution in [0.15, 0.2) is 4.47 Å². The topological polar surface area (TPSA) is 39.1 Å². The van der Waals surface area contributed by atoms with E-state index in [4.69, 9.17) is 4.74 Å². The first-order valence-corrected chi connectivity index (χ1v) is 8.96. The minimum absolute atomic E-state index is 0.489. The van der Waals surface area contributed by atoms with E-state index in [-0.39, 0.29) is 0 Å². The van der Waals surface area contributed by atoms with Crippen LogP contribution >= 0.6 is 15.9 Å². The van der Waals surface area contributed by atoms with Crippen molar-refractivity contribution in [1.29, 1.82) is 0 Å². The summed E-state index contributed by atoms with van der Waals surface area (Å²) in [4.78, 5) is 0. The lowest BCUT2D eigenvalue weighted by atomic mass is 10.1. The highest BCUT2D eigenvalue weighted by Crippen LogP contribution is 2.23. The van der Waals surface area contributed by atoms with Crippen molar-refractivity contribution in [2.24, 2.45) is 0 Å². The van der Waals surface area contributed by atoms with Gasteiger partial charge < -0.3 is 10.1 Å². The number of aromatic nitrogens is 2. The van der Waals surface area contributed by atoms with Gasteiger partial charge in [-0.25, -0.2) is 0 Å². The quantitative estimate of drug-likeness (QED) is 0.612. The molecule has 1 rings (SSSR count). The molecule has 0 amide bonds. The van der Waals surface area contributed by atoms with Crippen LogP contribution in [0.5, 0.6) is 0 Å². The Morgan fingerprint density at radius 2 is 2.10 bits per heavy atom. The second kappa shape index (κ2) is 10.4. The molecule has 0 bridgehead atoms. The summed E-state index contributed by atoms with van der Waals surface area (Å²) in [6.45, 7) is 12.1. The van der Waals surface area contributed by atoms with E-state index in [0.717, 1.165) is 62.2 Å². The van der Waals surface area contributed by atoms with Crippen LogP contribution in [-0.2, 0) is 17.7 Å². The normalized spacial score (nSPS) is 12.8. The molecule has 0 aliphatic rings. The van der Waals surface area contributed by atoms with Crippen molar-refractivity contribution in [3.8, 4) is 0 Å². The Bertz CT molecular complexity index is 406. The minimum Gasteiger partial charge on any atom is -0.382 e. The lowest BCUT2D eigenvalue weighted by molar-refractivity contribution is 0.140. The molecular weight excluding hydrogens is 330 g/mol. The Hall–Kier alpha value is -0.390. The summed E-state index contributed by atoms with van der Waals surface area (Å²) in [7, 11) is 0. The number of hydrogen-bond donors (Lipinski definition) is 1. The molecule has 21 heavy (non-hydrogen) atoms. The van der Waals surface area contributed by atoms with Crippen molar-refractivity contribution in [1.82, 2.24) is 15.1 Å². The average molecular weight is 360 g/mol. The standard InChI is InChI=1S/C16H30BrN3O/c1-5-10-18-14(9-8-11-21-7-3)12-15-16(17)13(4)19-20(15)6-2/h14,18H,5-12H2,1-4H3. The van der Waals surface area contributed by atoms with E-state index in [0.29, 0.717) is 6.04 Å². The van der Waals surface area contributed by atoms with E-state index in [1.54, 1.807) is 0 Å². The number of nitrogens with one attached hydrogen (secondary N) is 1. The molecule has 5 heteroatoms. The third-order valence-electron chi connectivity index (χ3n) is 3.62. The zero-order valence-electron chi connectivity index (χ0n) is 13.9. The molecule has 0 aliphatic heterocycles. The van der Waals surface area contributed by atoms with Gasteiger partial charge in [0.05, 0.1) is 15.9 Å². The molecule has 1 unspecified atom stereocenters. The van der Waals surface area contributed by atoms with Gasteiger partial charge in [-0.1, -0.05) is 6.92 Å². The molecule has 0 aliphatic carbocycles. The highest BCUT2D eigenvalue weighted by Gasteiger charge is 2.17. The lowest BCUT2D eigenvalue weighted by Gasteiger charge is -2.19. The number of halogens is 1. The Balaban J connectivity index is 2.66. The molecule has 0 radical (unpaired) electrons. The molecule has 1 heterocycles. The maximum Gasteiger partial charge on any atom is 0.0738 e. The van der Waals surface area contributed by atoms with Gasteiger partial charge in [0, 0.05) is 32.2 Å². The Labute approximate surface area is 137 Å². The van der Waals surface area contributed by atoms with Gasteiger partial charge in [-0.05, 0) is 62.5 Å². The molecule has 1 aromatic rings. The highest BCUT2D eigenvalue weighted by molar-refractivity contribution is 9.10. The molecule has 4 nitrogen and oxygen atoms in total. The van der Waals surface area contributed by atoms with E-state index >= 15 is 0 Å². The molecule has 0 spiro atoms. The van der Waals surface area contributed by atoms with Crippen molar-refractivity contribution >= 4 is 15.9 Å². The third-order valence-corrected chi connectivity index (χ3v) is 4.65. The zero-order chi connectivity index (χ0) is 15.7. The first-order chi connectivity index (χ1) is 10.1. The summed E-state index contributed by atoms with van der Waals surface area (Å²) >= 11 is 3.70. The second-order valence-corrected chi connectivity index (χ2v) is 6.15. The van der Waals surface area contributed by atoms with Crippen LogP contribution in [0, 0.1) is 6.92 Å². The van der Waals surface area contributed by atoms with E-state index in [1.165, 1.54) is 5.69 Å². The maximum absolute atomic E-state index is 5.46. The molecule has 1 aromatic heterocycles. The fourth-order valence-corrected chi connectivity index (χ4v) is 2.94. The first-order valence-electron chi connectivity index (χ1n) is 8.16. The zero-order valence-corrected chi connectivity index (χ0v) is 15.5. The van der Waals surface area contributed by atoms with Crippen LogP contribution in [0.1, 0.15) is 51.4 Å². The predicted octanol–water partition coefficient (Wildman–Crippen LogP) is 3.70. The second-order valence-electron chi connectivity index (χ2n) is 5.36. The smallest absolute Gasteiger partial charge is 0.0738 e. The summed E-state index contributed by atoms with van der Waals surface area (Å²) < 4.78 is 8.73. The summed E-state index contributed by atoms with van der Waals surface area (Å²) in [5, 5.41) is 8.25. The first kappa shape index (κ1) is 18.7. The SMILES string of the molecule is CCCNC(CCCOCC)Cc1c(Br)c(C)nn1CC. The largest absolute Gasteiger partial charge is 0.382 e. The molecule has 0 fully saturated rings. The van der Waals surface area contributed by atoms with Crippen molar-refractivity contribution in [3.63, 3.8) is 0 Å². The predicted molar refractivity (Wildman–Crippen MR) is 91.9 cm³/mol. The van der Waals surface area contributed by atoms with E-state index in [2.05, 4.69) is 51.8 Å². The summed E-state index contributed by atoms with van der Waals surface area (Å²) in [5.74, 6) is 0. The Kier molecular flexibility index (Phi) is 9.20. The lowest BCUT2D eigenvalue weighted by Crippen LogP contribution is -2.33. The van der Waals surface area contributed by atoms with Gasteiger partial charge >= 0.3 is 0 Å². The molecule has 0 aromatic carbocycles. The fourth-order valence-electron chi connectivity index (χ4n) is 2.50. The van der Waals surface area contributed by atoms with Crippen molar-refractivity contribution in [2.45, 2.75) is 66.0 Å². The van der Waals surface area contributed by atoms with E-state index in [1.807, 2.05) is 6.92 Å². The van der Waals surface area contributed by atoms with Crippen LogP contribution in [0.25, 0.3) is 0 Å². The number of hydrogen-bond acceptors (Lipinski definition) is 3. The molecule has 122 valence electrons. The molecule has 0 saturated carbocycles. The van der Waals surface area contributed by atoms with Gasteiger partial charge in [0.1, 0.15) is 0 Å². The molecule has 0 saturated heterocycles. The summed E-state index contributed by atoms with van der Waals surface area (Å²) in [6, 6.07) is 0.489. The van der Waals surface area contributed by atoms with E-state index < -0.39 is 0 Å². The molecular formula is C16H30BrN3O. The van der Waals surface area contributed by atoms with Crippen molar-refractivity contribution < 1.29 is 4.74 Å². The highest BCUT2D eigenvalue weighted by atomic mass is 79.9. The van der Waals surface area contributed by atoms with Crippen molar-refractivity contribution in [3.05, 3.63) is 15.9 Å². The molecule has 1 atom stereocenters. The monoisotopic (exact) mass is 359 g/mol. The van der Waals surface area contributed by atoms with Gasteiger partial charge in [0.2, 0.25) is 0 Å². The van der Waals surface area contributed by atoms with Crippen LogP contribution in [-0.4, -0.2) is 35.6 Å². The van der Waals surface area contributed by atoms with Crippen LogP contribution in [0.2, 0.25) is 0 Å². The fraction of sp³-hybridized carbons (Fsp3) is 0.812. The summed E-state index contributed by atoms with van der Waals surface area (Å²) in [5.41, 5.74) is 2.38. The number of ether oxygens (including phenoxy) is 1.